The third-order valence-electron chi connectivity index (χ3n) is 3.75. The van der Waals surface area contributed by atoms with Crippen molar-refractivity contribution in [3.8, 4) is 0 Å². The van der Waals surface area contributed by atoms with Gasteiger partial charge in [0.1, 0.15) is 0 Å². The van der Waals surface area contributed by atoms with Crippen molar-refractivity contribution in [2.75, 3.05) is 42.2 Å². The molecule has 1 aromatic rings. The number of piperidine rings is 1. The Balaban J connectivity index is 1.89. The number of hydrogen-bond donors (Lipinski definition) is 3. The molecule has 0 saturated carbocycles. The van der Waals surface area contributed by atoms with Crippen molar-refractivity contribution in [3.05, 3.63) is 0 Å². The molecule has 0 spiro atoms. The molecule has 0 aromatic carbocycles. The third-order valence-corrected chi connectivity index (χ3v) is 3.75. The zero-order chi connectivity index (χ0) is 15.1. The highest BCUT2D eigenvalue weighted by Crippen LogP contribution is 2.17. The number of hydrogen-bond acceptors (Lipinski definition) is 7. The number of aromatic nitrogens is 3. The molecule has 1 saturated heterocycles. The monoisotopic (exact) mass is 294 g/mol. The molecule has 0 radical (unpaired) electrons. The van der Waals surface area contributed by atoms with Gasteiger partial charge in [-0.15, -0.1) is 0 Å². The first-order valence-electron chi connectivity index (χ1n) is 7.80. The summed E-state index contributed by atoms with van der Waals surface area (Å²) in [5.74, 6) is 1.81. The molecular weight excluding hydrogens is 268 g/mol. The number of aliphatic hydroxyl groups excluding tert-OH is 1. The Bertz CT molecular complexity index is 435. The molecule has 1 aromatic heterocycles. The second kappa shape index (κ2) is 7.97. The van der Waals surface area contributed by atoms with Gasteiger partial charge in [0.05, 0.1) is 0 Å². The molecule has 0 bridgehead atoms. The first kappa shape index (κ1) is 15.8. The quantitative estimate of drug-likeness (QED) is 0.651. The predicted molar refractivity (Wildman–Crippen MR) is 84.3 cm³/mol. The normalized spacial score (nSPS) is 16.8. The number of rotatable bonds is 7. The molecule has 2 heterocycles. The molecule has 4 N–H and O–H groups in total. The van der Waals surface area contributed by atoms with Crippen LogP contribution in [0, 0.1) is 5.92 Å². The Labute approximate surface area is 126 Å². The van der Waals surface area contributed by atoms with Gasteiger partial charge in [-0.1, -0.05) is 6.92 Å². The Morgan fingerprint density at radius 2 is 2.00 bits per heavy atom. The van der Waals surface area contributed by atoms with Crippen LogP contribution in [-0.4, -0.2) is 46.3 Å². The summed E-state index contributed by atoms with van der Waals surface area (Å²) in [6, 6.07) is 0. The van der Waals surface area contributed by atoms with Gasteiger partial charge in [0, 0.05) is 26.2 Å². The van der Waals surface area contributed by atoms with Gasteiger partial charge in [0.25, 0.3) is 0 Å². The van der Waals surface area contributed by atoms with Crippen molar-refractivity contribution in [2.45, 2.75) is 39.0 Å². The minimum absolute atomic E-state index is 0.234. The molecule has 118 valence electrons. The number of nitrogens with zero attached hydrogens (tertiary/aromatic N) is 4. The Kier molecular flexibility index (Phi) is 5.98. The van der Waals surface area contributed by atoms with Crippen molar-refractivity contribution in [1.29, 1.82) is 0 Å². The lowest BCUT2D eigenvalue weighted by Gasteiger charge is -2.26. The molecule has 7 nitrogen and oxygen atoms in total. The van der Waals surface area contributed by atoms with Crippen LogP contribution in [0.2, 0.25) is 0 Å². The van der Waals surface area contributed by atoms with E-state index < -0.39 is 0 Å². The van der Waals surface area contributed by atoms with Crippen LogP contribution in [0.4, 0.5) is 17.8 Å². The van der Waals surface area contributed by atoms with Gasteiger partial charge < -0.3 is 21.1 Å². The Morgan fingerprint density at radius 3 is 2.71 bits per heavy atom. The zero-order valence-corrected chi connectivity index (χ0v) is 12.8. The molecular formula is C14H26N6O. The van der Waals surface area contributed by atoms with E-state index in [0.29, 0.717) is 17.8 Å². The van der Waals surface area contributed by atoms with Gasteiger partial charge in [0.15, 0.2) is 0 Å². The Hall–Kier alpha value is -1.63. The predicted octanol–water partition coefficient (Wildman–Crippen LogP) is 1.26. The summed E-state index contributed by atoms with van der Waals surface area (Å²) in [5, 5.41) is 12.2. The van der Waals surface area contributed by atoms with E-state index in [-0.39, 0.29) is 12.6 Å². The largest absolute Gasteiger partial charge is 0.396 e. The van der Waals surface area contributed by atoms with E-state index in [9.17, 15) is 0 Å². The summed E-state index contributed by atoms with van der Waals surface area (Å²) in [4.78, 5) is 15.0. The van der Waals surface area contributed by atoms with E-state index in [1.807, 2.05) is 6.92 Å². The van der Waals surface area contributed by atoms with Crippen LogP contribution < -0.4 is 16.0 Å². The maximum absolute atomic E-state index is 8.99. The van der Waals surface area contributed by atoms with E-state index in [1.165, 1.54) is 19.3 Å². The Morgan fingerprint density at radius 1 is 1.24 bits per heavy atom. The first-order valence-corrected chi connectivity index (χ1v) is 7.80. The molecule has 0 amide bonds. The number of aliphatic hydroxyl groups is 1. The summed E-state index contributed by atoms with van der Waals surface area (Å²) >= 11 is 0. The highest BCUT2D eigenvalue weighted by Gasteiger charge is 2.15. The summed E-state index contributed by atoms with van der Waals surface area (Å²) in [7, 11) is 0. The van der Waals surface area contributed by atoms with E-state index in [4.69, 9.17) is 10.8 Å². The van der Waals surface area contributed by atoms with Crippen LogP contribution in [-0.2, 0) is 0 Å². The molecule has 1 fully saturated rings. The van der Waals surface area contributed by atoms with Crippen LogP contribution in [0.25, 0.3) is 0 Å². The minimum Gasteiger partial charge on any atom is -0.396 e. The molecule has 0 aliphatic carbocycles. The number of nitrogens with one attached hydrogen (secondary N) is 1. The highest BCUT2D eigenvalue weighted by molar-refractivity contribution is 5.42. The van der Waals surface area contributed by atoms with Crippen molar-refractivity contribution in [3.63, 3.8) is 0 Å². The van der Waals surface area contributed by atoms with Crippen LogP contribution >= 0.6 is 0 Å². The molecule has 21 heavy (non-hydrogen) atoms. The fourth-order valence-electron chi connectivity index (χ4n) is 2.44. The van der Waals surface area contributed by atoms with Gasteiger partial charge in [-0.2, -0.15) is 15.0 Å². The third kappa shape index (κ3) is 5.00. The maximum atomic E-state index is 8.99. The second-order valence-corrected chi connectivity index (χ2v) is 5.72. The highest BCUT2D eigenvalue weighted by atomic mass is 16.3. The lowest BCUT2D eigenvalue weighted by molar-refractivity contribution is 0.229. The van der Waals surface area contributed by atoms with E-state index in [2.05, 4.69) is 25.2 Å². The maximum Gasteiger partial charge on any atom is 0.231 e. The van der Waals surface area contributed by atoms with Gasteiger partial charge in [-0.3, -0.25) is 0 Å². The fraction of sp³-hybridized carbons (Fsp3) is 0.786. The number of nitrogen functional groups attached to an aromatic ring is 1. The fourth-order valence-corrected chi connectivity index (χ4v) is 2.44. The van der Waals surface area contributed by atoms with Crippen molar-refractivity contribution >= 4 is 17.8 Å². The lowest BCUT2D eigenvalue weighted by Crippen LogP contribution is -2.31. The second-order valence-electron chi connectivity index (χ2n) is 5.72. The van der Waals surface area contributed by atoms with Crippen LogP contribution in [0.5, 0.6) is 0 Å². The average Bonchev–Trinajstić information content (AvgIpc) is 2.51. The summed E-state index contributed by atoms with van der Waals surface area (Å²) in [5.41, 5.74) is 5.78. The van der Waals surface area contributed by atoms with E-state index >= 15 is 0 Å². The zero-order valence-electron chi connectivity index (χ0n) is 12.8. The SMILES string of the molecule is CC(CO)CCCNc1nc(N)nc(N2CCCCC2)n1. The molecule has 1 atom stereocenters. The van der Waals surface area contributed by atoms with E-state index in [1.54, 1.807) is 0 Å². The molecule has 1 aliphatic heterocycles. The van der Waals surface area contributed by atoms with Gasteiger partial charge in [-0.25, -0.2) is 0 Å². The van der Waals surface area contributed by atoms with Gasteiger partial charge in [-0.05, 0) is 38.0 Å². The van der Waals surface area contributed by atoms with Crippen LogP contribution in [0.1, 0.15) is 39.0 Å². The molecule has 1 unspecified atom stereocenters. The topological polar surface area (TPSA) is 100 Å². The molecule has 2 rings (SSSR count). The van der Waals surface area contributed by atoms with Crippen molar-refractivity contribution in [2.24, 2.45) is 5.92 Å². The summed E-state index contributed by atoms with van der Waals surface area (Å²) in [6.45, 7) is 5.01. The standard InChI is InChI=1S/C14H26N6O/c1-11(10-21)6-5-7-16-13-17-12(15)18-14(19-13)20-8-3-2-4-9-20/h11,21H,2-10H2,1H3,(H3,15,16,17,18,19). The molecule has 7 heteroatoms. The summed E-state index contributed by atoms with van der Waals surface area (Å²) in [6.07, 6.45) is 5.56. The minimum atomic E-state index is 0.234. The average molecular weight is 294 g/mol. The van der Waals surface area contributed by atoms with Crippen LogP contribution in [0.3, 0.4) is 0 Å². The van der Waals surface area contributed by atoms with Gasteiger partial charge >= 0.3 is 0 Å². The van der Waals surface area contributed by atoms with Crippen LogP contribution in [0.15, 0.2) is 0 Å². The van der Waals surface area contributed by atoms with Crippen molar-refractivity contribution < 1.29 is 5.11 Å². The van der Waals surface area contributed by atoms with Gasteiger partial charge in [0.2, 0.25) is 17.8 Å². The molecule has 1 aliphatic rings. The van der Waals surface area contributed by atoms with E-state index in [0.717, 1.165) is 32.5 Å². The lowest BCUT2D eigenvalue weighted by atomic mass is 10.1. The first-order chi connectivity index (χ1) is 10.2. The number of nitrogens with two attached hydrogens (primary N) is 1. The van der Waals surface area contributed by atoms with Crippen molar-refractivity contribution in [1.82, 2.24) is 15.0 Å². The number of anilines is 3. The smallest absolute Gasteiger partial charge is 0.231 e. The summed E-state index contributed by atoms with van der Waals surface area (Å²) < 4.78 is 0.